The molecule has 0 radical (unpaired) electrons. The first-order valence-electron chi connectivity index (χ1n) is 11.4. The number of carbonyl (C=O) groups is 2. The van der Waals surface area contributed by atoms with E-state index < -0.39 is 5.97 Å². The zero-order valence-electron chi connectivity index (χ0n) is 19.8. The Morgan fingerprint density at radius 1 is 1.03 bits per heavy atom. The van der Waals surface area contributed by atoms with Crippen LogP contribution in [-0.2, 0) is 11.4 Å². The number of ether oxygens (including phenoxy) is 2. The lowest BCUT2D eigenvalue weighted by Gasteiger charge is -2.12. The summed E-state index contributed by atoms with van der Waals surface area (Å²) in [7, 11) is 1.56. The highest BCUT2D eigenvalue weighted by Gasteiger charge is 2.32. The van der Waals surface area contributed by atoms with E-state index in [9.17, 15) is 14.7 Å². The molecule has 2 heterocycles. The zero-order chi connectivity index (χ0) is 25.8. The van der Waals surface area contributed by atoms with Crippen LogP contribution in [0.3, 0.4) is 0 Å². The maximum atomic E-state index is 13.5. The second-order valence-corrected chi connectivity index (χ2v) is 8.17. The van der Waals surface area contributed by atoms with Crippen LogP contribution in [0.15, 0.2) is 106 Å². The highest BCUT2D eigenvalue weighted by atomic mass is 16.5. The van der Waals surface area contributed by atoms with Crippen molar-refractivity contribution in [2.24, 2.45) is 5.10 Å². The lowest BCUT2D eigenvalue weighted by atomic mass is 10.0. The average Bonchev–Trinajstić information content (AvgIpc) is 3.57. The van der Waals surface area contributed by atoms with Gasteiger partial charge in [-0.2, -0.15) is 10.1 Å². The Balaban J connectivity index is 1.46. The van der Waals surface area contributed by atoms with Crippen molar-refractivity contribution in [3.05, 3.63) is 119 Å². The van der Waals surface area contributed by atoms with Gasteiger partial charge in [0.1, 0.15) is 12.3 Å². The number of anilines is 1. The van der Waals surface area contributed by atoms with Gasteiger partial charge < -0.3 is 19.0 Å². The van der Waals surface area contributed by atoms with E-state index in [2.05, 4.69) is 5.10 Å². The van der Waals surface area contributed by atoms with Crippen molar-refractivity contribution in [2.45, 2.75) is 6.61 Å². The van der Waals surface area contributed by atoms with Gasteiger partial charge in [0.25, 0.3) is 5.91 Å². The third kappa shape index (κ3) is 4.99. The van der Waals surface area contributed by atoms with Crippen LogP contribution in [0.25, 0.3) is 6.08 Å². The first kappa shape index (κ1) is 23.6. The van der Waals surface area contributed by atoms with E-state index in [1.807, 2.05) is 36.4 Å². The Morgan fingerprint density at radius 2 is 1.81 bits per heavy atom. The van der Waals surface area contributed by atoms with E-state index in [0.717, 1.165) is 5.56 Å². The molecule has 0 aliphatic carbocycles. The third-order valence-electron chi connectivity index (χ3n) is 5.77. The second kappa shape index (κ2) is 10.2. The summed E-state index contributed by atoms with van der Waals surface area (Å²) in [5.41, 5.74) is 3.73. The van der Waals surface area contributed by atoms with Gasteiger partial charge >= 0.3 is 5.97 Å². The quantitative estimate of drug-likeness (QED) is 0.329. The number of methoxy groups -OCH3 is 1. The average molecular weight is 495 g/mol. The molecule has 0 saturated carbocycles. The van der Waals surface area contributed by atoms with E-state index in [1.165, 1.54) is 29.7 Å². The van der Waals surface area contributed by atoms with Crippen LogP contribution >= 0.6 is 0 Å². The highest BCUT2D eigenvalue weighted by Crippen LogP contribution is 2.32. The van der Waals surface area contributed by atoms with Crippen LogP contribution in [0.5, 0.6) is 11.5 Å². The molecule has 8 heteroatoms. The molecule has 184 valence electrons. The summed E-state index contributed by atoms with van der Waals surface area (Å²) >= 11 is 0. The summed E-state index contributed by atoms with van der Waals surface area (Å²) in [6, 6.07) is 22.9. The van der Waals surface area contributed by atoms with Crippen molar-refractivity contribution in [2.75, 3.05) is 12.1 Å². The standard InChI is InChI=1S/C29H22N2O6/c1-35-26-16-20(7-12-25(26)37-17-19-5-3-2-4-6-19)15-24-27(22-13-14-36-18-22)30-31(28(24)32)23-10-8-21(9-11-23)29(33)34/h2-16,18H,17H2,1H3,(H,33,34). The van der Waals surface area contributed by atoms with Crippen LogP contribution in [-0.4, -0.2) is 29.8 Å². The predicted molar refractivity (Wildman–Crippen MR) is 138 cm³/mol. The predicted octanol–water partition coefficient (Wildman–Crippen LogP) is 5.40. The zero-order valence-corrected chi connectivity index (χ0v) is 19.8. The van der Waals surface area contributed by atoms with E-state index in [1.54, 1.807) is 43.5 Å². The fraction of sp³-hybridized carbons (Fsp3) is 0.0690. The number of benzene rings is 3. The summed E-state index contributed by atoms with van der Waals surface area (Å²) in [5.74, 6) is -0.302. The molecule has 37 heavy (non-hydrogen) atoms. The van der Waals surface area contributed by atoms with Crippen molar-refractivity contribution < 1.29 is 28.6 Å². The monoisotopic (exact) mass is 494 g/mol. The fourth-order valence-corrected chi connectivity index (χ4v) is 3.87. The van der Waals surface area contributed by atoms with Crippen molar-refractivity contribution in [3.63, 3.8) is 0 Å². The van der Waals surface area contributed by atoms with Crippen LogP contribution in [0, 0.1) is 0 Å². The number of hydrogen-bond donors (Lipinski definition) is 1. The number of carboxylic acids is 1. The minimum absolute atomic E-state index is 0.117. The molecule has 5 rings (SSSR count). The van der Waals surface area contributed by atoms with Crippen molar-refractivity contribution in [1.82, 2.24) is 0 Å². The van der Waals surface area contributed by atoms with Crippen LogP contribution in [0.1, 0.15) is 27.0 Å². The van der Waals surface area contributed by atoms with Gasteiger partial charge in [-0.05, 0) is 59.7 Å². The maximum absolute atomic E-state index is 13.5. The van der Waals surface area contributed by atoms with E-state index in [0.29, 0.717) is 46.2 Å². The maximum Gasteiger partial charge on any atom is 0.335 e. The van der Waals surface area contributed by atoms with Gasteiger partial charge in [0.15, 0.2) is 11.5 Å². The number of rotatable bonds is 8. The Kier molecular flexibility index (Phi) is 6.54. The number of carboxylic acid groups (broad SMARTS) is 1. The first-order valence-corrected chi connectivity index (χ1v) is 11.4. The molecule has 1 aliphatic rings. The van der Waals surface area contributed by atoms with Gasteiger partial charge in [0.05, 0.1) is 36.5 Å². The minimum Gasteiger partial charge on any atom is -0.493 e. The highest BCUT2D eigenvalue weighted by molar-refractivity contribution is 6.37. The molecule has 0 atom stereocenters. The number of carbonyl (C=O) groups excluding carboxylic acids is 1. The SMILES string of the molecule is COc1cc(C=C2C(=O)N(c3ccc(C(=O)O)cc3)N=C2c2ccoc2)ccc1OCc1ccccc1. The minimum atomic E-state index is -1.05. The first-order chi connectivity index (χ1) is 18.0. The van der Waals surface area contributed by atoms with Gasteiger partial charge in [-0.3, -0.25) is 4.79 Å². The molecule has 0 bridgehead atoms. The number of nitrogens with zero attached hydrogens (tertiary/aromatic N) is 2. The number of hydrazone groups is 1. The van der Waals surface area contributed by atoms with Crippen LogP contribution < -0.4 is 14.5 Å². The summed E-state index contributed by atoms with van der Waals surface area (Å²) in [5, 5.41) is 14.9. The molecule has 0 saturated heterocycles. The molecule has 1 aliphatic heterocycles. The molecular weight excluding hydrogens is 472 g/mol. The molecule has 1 aromatic heterocycles. The third-order valence-corrected chi connectivity index (χ3v) is 5.77. The Bertz CT molecular complexity index is 1490. The van der Waals surface area contributed by atoms with E-state index >= 15 is 0 Å². The van der Waals surface area contributed by atoms with Crippen molar-refractivity contribution in [3.8, 4) is 11.5 Å². The second-order valence-electron chi connectivity index (χ2n) is 8.17. The van der Waals surface area contributed by atoms with Gasteiger partial charge in [0.2, 0.25) is 0 Å². The Morgan fingerprint density at radius 3 is 2.49 bits per heavy atom. The smallest absolute Gasteiger partial charge is 0.335 e. The number of amides is 1. The normalized spacial score (nSPS) is 14.1. The van der Waals surface area contributed by atoms with Gasteiger partial charge in [-0.25, -0.2) is 4.79 Å². The topological polar surface area (TPSA) is 102 Å². The molecule has 3 aromatic carbocycles. The van der Waals surface area contributed by atoms with Gasteiger partial charge in [0, 0.05) is 5.56 Å². The lowest BCUT2D eigenvalue weighted by Crippen LogP contribution is -2.21. The molecule has 4 aromatic rings. The number of furan rings is 1. The molecule has 0 spiro atoms. The molecule has 0 fully saturated rings. The van der Waals surface area contributed by atoms with Crippen molar-refractivity contribution in [1.29, 1.82) is 0 Å². The summed E-state index contributed by atoms with van der Waals surface area (Å²) in [6.07, 6.45) is 4.74. The number of hydrogen-bond acceptors (Lipinski definition) is 6. The molecule has 1 N–H and O–H groups in total. The van der Waals surface area contributed by atoms with Gasteiger partial charge in [-0.15, -0.1) is 0 Å². The van der Waals surface area contributed by atoms with Gasteiger partial charge in [-0.1, -0.05) is 36.4 Å². The molecule has 0 unspecified atom stereocenters. The summed E-state index contributed by atoms with van der Waals surface area (Å²) in [4.78, 5) is 24.7. The van der Waals surface area contributed by atoms with Crippen LogP contribution in [0.4, 0.5) is 5.69 Å². The van der Waals surface area contributed by atoms with Crippen molar-refractivity contribution >= 4 is 29.4 Å². The lowest BCUT2D eigenvalue weighted by molar-refractivity contribution is -0.114. The van der Waals surface area contributed by atoms with Crippen LogP contribution in [0.2, 0.25) is 0 Å². The largest absolute Gasteiger partial charge is 0.493 e. The Hall–Kier alpha value is -5.11. The fourth-order valence-electron chi connectivity index (χ4n) is 3.87. The molecular formula is C29H22N2O6. The molecule has 1 amide bonds. The number of aromatic carboxylic acids is 1. The summed E-state index contributed by atoms with van der Waals surface area (Å²) in [6.45, 7) is 0.392. The van der Waals surface area contributed by atoms with E-state index in [-0.39, 0.29) is 11.5 Å². The Labute approximate surface area is 212 Å². The molecule has 8 nitrogen and oxygen atoms in total. The summed E-state index contributed by atoms with van der Waals surface area (Å²) < 4.78 is 16.7. The van der Waals surface area contributed by atoms with E-state index in [4.69, 9.17) is 13.9 Å².